The molecule has 0 saturated carbocycles. The number of amides is 1. The average molecular weight is 347 g/mol. The zero-order valence-electron chi connectivity index (χ0n) is 15.6. The number of methoxy groups -OCH3 is 1. The van der Waals surface area contributed by atoms with Crippen LogP contribution in [0.4, 0.5) is 4.79 Å². The van der Waals surface area contributed by atoms with Gasteiger partial charge < -0.3 is 15.2 Å². The number of carbonyl (C=O) groups is 1. The number of likely N-dealkylation sites (tertiary alicyclic amines) is 1. The van der Waals surface area contributed by atoms with Crippen LogP contribution in [0.15, 0.2) is 29.3 Å². The molecule has 1 aromatic rings. The topological polar surface area (TPSA) is 77.1 Å². The molecule has 0 aromatic heterocycles. The summed E-state index contributed by atoms with van der Waals surface area (Å²) in [6.07, 6.45) is 0.989. The fraction of sp³-hybridized carbons (Fsp3) is 0.579. The summed E-state index contributed by atoms with van der Waals surface area (Å²) in [5.41, 5.74) is 7.60. The Morgan fingerprint density at radius 3 is 2.84 bits per heavy atom. The molecule has 1 amide bonds. The minimum atomic E-state index is -0.538. The Balaban J connectivity index is 1.94. The predicted molar refractivity (Wildman–Crippen MR) is 99.4 cm³/mol. The van der Waals surface area contributed by atoms with Crippen molar-refractivity contribution in [2.75, 3.05) is 26.7 Å². The molecule has 1 saturated heterocycles. The Morgan fingerprint density at radius 1 is 1.40 bits per heavy atom. The van der Waals surface area contributed by atoms with Crippen LogP contribution in [0.5, 0.6) is 5.75 Å². The van der Waals surface area contributed by atoms with E-state index in [2.05, 4.69) is 16.0 Å². The highest BCUT2D eigenvalue weighted by molar-refractivity contribution is 5.95. The Hall–Kier alpha value is -1.92. The summed E-state index contributed by atoms with van der Waals surface area (Å²) < 4.78 is 10.5. The van der Waals surface area contributed by atoms with E-state index in [0.29, 0.717) is 13.0 Å². The van der Waals surface area contributed by atoms with Crippen LogP contribution in [0, 0.1) is 0 Å². The van der Waals surface area contributed by atoms with Gasteiger partial charge in [-0.1, -0.05) is 12.1 Å². The molecule has 1 heterocycles. The highest BCUT2D eigenvalue weighted by atomic mass is 16.6. The van der Waals surface area contributed by atoms with Gasteiger partial charge in [-0.3, -0.25) is 4.90 Å². The van der Waals surface area contributed by atoms with Crippen LogP contribution in [0.2, 0.25) is 0 Å². The first-order valence-electron chi connectivity index (χ1n) is 8.65. The number of piperidine rings is 1. The summed E-state index contributed by atoms with van der Waals surface area (Å²) >= 11 is 0. The lowest BCUT2D eigenvalue weighted by atomic mass is 10.0. The minimum absolute atomic E-state index is 0.0137. The minimum Gasteiger partial charge on any atom is -0.497 e. The molecule has 25 heavy (non-hydrogen) atoms. The van der Waals surface area contributed by atoms with Gasteiger partial charge >= 0.3 is 6.09 Å². The third-order valence-corrected chi connectivity index (χ3v) is 3.89. The number of nitrogens with two attached hydrogens (primary N) is 1. The van der Waals surface area contributed by atoms with Crippen molar-refractivity contribution < 1.29 is 14.3 Å². The van der Waals surface area contributed by atoms with Gasteiger partial charge in [0.25, 0.3) is 0 Å². The van der Waals surface area contributed by atoms with Crippen molar-refractivity contribution in [1.29, 1.82) is 0 Å². The van der Waals surface area contributed by atoms with E-state index in [1.54, 1.807) is 7.11 Å². The van der Waals surface area contributed by atoms with Crippen LogP contribution >= 0.6 is 0 Å². The lowest BCUT2D eigenvalue weighted by molar-refractivity contribution is 0.0602. The molecular weight excluding hydrogens is 318 g/mol. The third kappa shape index (κ3) is 6.84. The first-order chi connectivity index (χ1) is 11.7. The van der Waals surface area contributed by atoms with Gasteiger partial charge in [0.1, 0.15) is 11.4 Å². The standard InChI is InChI=1S/C19H29N3O3/c1-19(2,3)25-18(23)21-16-11-15(20)12-22(13-16)9-8-14-6-5-7-17(10-14)24-4/h5-7,10,15H,8-9,11-13,20H2,1-4H3/b21-16+/t15-/m1/s1. The molecular formula is C19H29N3O3. The van der Waals surface area contributed by atoms with Gasteiger partial charge in [-0.25, -0.2) is 4.79 Å². The summed E-state index contributed by atoms with van der Waals surface area (Å²) in [6.45, 7) is 7.80. The largest absolute Gasteiger partial charge is 0.497 e. The number of ether oxygens (including phenoxy) is 2. The molecule has 6 heteroatoms. The molecule has 6 nitrogen and oxygen atoms in total. The van der Waals surface area contributed by atoms with Gasteiger partial charge in [0.15, 0.2) is 0 Å². The maximum absolute atomic E-state index is 11.9. The smallest absolute Gasteiger partial charge is 0.434 e. The van der Waals surface area contributed by atoms with Crippen molar-refractivity contribution in [3.8, 4) is 5.75 Å². The molecule has 0 unspecified atom stereocenters. The van der Waals surface area contributed by atoms with Crippen LogP contribution in [0.25, 0.3) is 0 Å². The lowest BCUT2D eigenvalue weighted by Gasteiger charge is -2.31. The number of hydrogen-bond donors (Lipinski definition) is 1. The molecule has 2 N–H and O–H groups in total. The van der Waals surface area contributed by atoms with Crippen LogP contribution in [-0.4, -0.2) is 55.1 Å². The zero-order chi connectivity index (χ0) is 18.4. The van der Waals surface area contributed by atoms with Gasteiger partial charge in [0, 0.05) is 37.8 Å². The highest BCUT2D eigenvalue weighted by Gasteiger charge is 2.23. The van der Waals surface area contributed by atoms with E-state index in [4.69, 9.17) is 15.2 Å². The SMILES string of the molecule is COc1cccc(CCN2C/C(=N/C(=O)OC(C)(C)C)C[C@@H](N)C2)c1. The molecule has 0 spiro atoms. The summed E-state index contributed by atoms with van der Waals surface area (Å²) in [5.74, 6) is 0.861. The number of nitrogens with zero attached hydrogens (tertiary/aromatic N) is 2. The van der Waals surface area contributed by atoms with Gasteiger partial charge in [0.2, 0.25) is 0 Å². The first kappa shape index (κ1) is 19.4. The average Bonchev–Trinajstić information content (AvgIpc) is 2.50. The van der Waals surface area contributed by atoms with E-state index in [9.17, 15) is 4.79 Å². The maximum Gasteiger partial charge on any atom is 0.434 e. The van der Waals surface area contributed by atoms with E-state index in [1.807, 2.05) is 39.0 Å². The van der Waals surface area contributed by atoms with Gasteiger partial charge in [-0.15, -0.1) is 0 Å². The van der Waals surface area contributed by atoms with Crippen molar-refractivity contribution in [2.24, 2.45) is 10.7 Å². The fourth-order valence-corrected chi connectivity index (χ4v) is 2.87. The van der Waals surface area contributed by atoms with E-state index in [-0.39, 0.29) is 6.04 Å². The molecule has 138 valence electrons. The molecule has 2 rings (SSSR count). The van der Waals surface area contributed by atoms with Crippen molar-refractivity contribution >= 4 is 11.8 Å². The van der Waals surface area contributed by atoms with E-state index in [0.717, 1.165) is 31.0 Å². The fourth-order valence-electron chi connectivity index (χ4n) is 2.87. The van der Waals surface area contributed by atoms with Gasteiger partial charge in [-0.2, -0.15) is 4.99 Å². The molecule has 0 aliphatic carbocycles. The van der Waals surface area contributed by atoms with E-state index in [1.165, 1.54) is 5.56 Å². The van der Waals surface area contributed by atoms with Crippen molar-refractivity contribution in [1.82, 2.24) is 4.90 Å². The van der Waals surface area contributed by atoms with Crippen LogP contribution in [-0.2, 0) is 11.2 Å². The number of hydrogen-bond acceptors (Lipinski definition) is 5. The highest BCUT2D eigenvalue weighted by Crippen LogP contribution is 2.15. The number of benzene rings is 1. The van der Waals surface area contributed by atoms with Gasteiger partial charge in [-0.05, 0) is 44.9 Å². The summed E-state index contributed by atoms with van der Waals surface area (Å²) in [5, 5.41) is 0. The Labute approximate surface area is 150 Å². The lowest BCUT2D eigenvalue weighted by Crippen LogP contribution is -2.48. The quantitative estimate of drug-likeness (QED) is 0.906. The van der Waals surface area contributed by atoms with Gasteiger partial charge in [0.05, 0.1) is 7.11 Å². The number of rotatable bonds is 4. The molecule has 1 aliphatic rings. The monoisotopic (exact) mass is 347 g/mol. The molecule has 1 atom stereocenters. The predicted octanol–water partition coefficient (Wildman–Crippen LogP) is 2.65. The Bertz CT molecular complexity index is 623. The molecule has 0 bridgehead atoms. The van der Waals surface area contributed by atoms with E-state index >= 15 is 0 Å². The summed E-state index contributed by atoms with van der Waals surface area (Å²) in [4.78, 5) is 18.3. The Morgan fingerprint density at radius 2 is 2.16 bits per heavy atom. The van der Waals surface area contributed by atoms with Crippen LogP contribution in [0.1, 0.15) is 32.8 Å². The number of aliphatic imine (C=N–C) groups is 1. The van der Waals surface area contributed by atoms with Crippen molar-refractivity contribution in [3.05, 3.63) is 29.8 Å². The second-order valence-corrected chi connectivity index (χ2v) is 7.46. The zero-order valence-corrected chi connectivity index (χ0v) is 15.6. The van der Waals surface area contributed by atoms with E-state index < -0.39 is 11.7 Å². The van der Waals surface area contributed by atoms with Crippen LogP contribution in [0.3, 0.4) is 0 Å². The molecule has 1 fully saturated rings. The molecule has 0 radical (unpaired) electrons. The second kappa shape index (κ2) is 8.45. The Kier molecular flexibility index (Phi) is 6.56. The molecule has 1 aliphatic heterocycles. The first-order valence-corrected chi connectivity index (χ1v) is 8.65. The second-order valence-electron chi connectivity index (χ2n) is 7.46. The van der Waals surface area contributed by atoms with Crippen molar-refractivity contribution in [2.45, 2.75) is 45.3 Å². The maximum atomic E-state index is 11.9. The summed E-state index contributed by atoms with van der Waals surface area (Å²) in [7, 11) is 1.67. The van der Waals surface area contributed by atoms with Crippen LogP contribution < -0.4 is 10.5 Å². The summed E-state index contributed by atoms with van der Waals surface area (Å²) in [6, 6.07) is 8.04. The van der Waals surface area contributed by atoms with Crippen molar-refractivity contribution in [3.63, 3.8) is 0 Å². The third-order valence-electron chi connectivity index (χ3n) is 3.89. The number of carbonyl (C=O) groups excluding carboxylic acids is 1. The molecule has 1 aromatic carbocycles. The normalized spacial score (nSPS) is 20.5.